The fraction of sp³-hybridized carbons (Fsp3) is 0.533. The largest absolute Gasteiger partial charge is 0.459 e. The van der Waals surface area contributed by atoms with Gasteiger partial charge in [-0.15, -0.1) is 0 Å². The number of hydrogen-bond acceptors (Lipinski definition) is 3. The smallest absolute Gasteiger partial charge is 0.328 e. The van der Waals surface area contributed by atoms with E-state index in [4.69, 9.17) is 4.74 Å². The summed E-state index contributed by atoms with van der Waals surface area (Å²) in [6, 6.07) is 10.00. The van der Waals surface area contributed by atoms with Crippen LogP contribution in [0.25, 0.3) is 0 Å². The predicted octanol–water partition coefficient (Wildman–Crippen LogP) is 2.61. The molecule has 1 aromatic carbocycles. The van der Waals surface area contributed by atoms with Crippen molar-refractivity contribution in [1.82, 2.24) is 5.32 Å². The summed E-state index contributed by atoms with van der Waals surface area (Å²) in [6.07, 6.45) is 0. The van der Waals surface area contributed by atoms with Crippen LogP contribution >= 0.6 is 0 Å². The van der Waals surface area contributed by atoms with Crippen molar-refractivity contribution in [3.63, 3.8) is 0 Å². The number of nitrogens with one attached hydrogen (secondary N) is 1. The van der Waals surface area contributed by atoms with Gasteiger partial charge in [-0.3, -0.25) is 5.32 Å². The predicted molar refractivity (Wildman–Crippen MR) is 71.2 cm³/mol. The summed E-state index contributed by atoms with van der Waals surface area (Å²) < 4.78 is 5.48. The van der Waals surface area contributed by atoms with Crippen molar-refractivity contribution in [2.24, 2.45) is 0 Å². The summed E-state index contributed by atoms with van der Waals surface area (Å²) in [5, 5.41) is 3.29. The van der Waals surface area contributed by atoms with Crippen LogP contribution in [0.5, 0.6) is 0 Å². The van der Waals surface area contributed by atoms with Crippen LogP contribution in [-0.4, -0.2) is 17.1 Å². The zero-order chi connectivity index (χ0) is 13.6. The summed E-state index contributed by atoms with van der Waals surface area (Å²) in [5.41, 5.74) is -0.321. The van der Waals surface area contributed by atoms with E-state index in [1.165, 1.54) is 0 Å². The first-order valence-corrected chi connectivity index (χ1v) is 6.27. The third-order valence-corrected chi connectivity index (χ3v) is 3.60. The molecule has 1 heterocycles. The van der Waals surface area contributed by atoms with Gasteiger partial charge in [0.25, 0.3) is 0 Å². The fourth-order valence-electron chi connectivity index (χ4n) is 2.24. The lowest BCUT2D eigenvalue weighted by Crippen LogP contribution is -2.36. The van der Waals surface area contributed by atoms with Crippen molar-refractivity contribution < 1.29 is 9.53 Å². The van der Waals surface area contributed by atoms with Gasteiger partial charge in [0.05, 0.1) is 5.54 Å². The molecule has 1 N–H and O–H groups in total. The summed E-state index contributed by atoms with van der Waals surface area (Å²) >= 11 is 0. The molecule has 0 aromatic heterocycles. The van der Waals surface area contributed by atoms with E-state index in [2.05, 4.69) is 5.32 Å². The maximum Gasteiger partial charge on any atom is 0.328 e. The minimum absolute atomic E-state index is 0.193. The fourth-order valence-corrected chi connectivity index (χ4v) is 2.24. The van der Waals surface area contributed by atoms with Crippen LogP contribution in [0.2, 0.25) is 0 Å². The summed E-state index contributed by atoms with van der Waals surface area (Å²) in [6.45, 7) is 9.59. The molecule has 0 unspecified atom stereocenters. The zero-order valence-electron chi connectivity index (χ0n) is 11.7. The molecular formula is C15H21NO2. The van der Waals surface area contributed by atoms with E-state index in [9.17, 15) is 4.79 Å². The van der Waals surface area contributed by atoms with Crippen LogP contribution in [-0.2, 0) is 15.1 Å². The van der Waals surface area contributed by atoms with Gasteiger partial charge in [0, 0.05) is 0 Å². The maximum absolute atomic E-state index is 12.2. The number of ether oxygens (including phenoxy) is 1. The molecule has 2 rings (SSSR count). The Hall–Kier alpha value is -1.35. The highest BCUT2D eigenvalue weighted by Gasteiger charge is 2.67. The van der Waals surface area contributed by atoms with Crippen LogP contribution in [0, 0.1) is 0 Å². The number of carbonyl (C=O) groups is 1. The molecule has 18 heavy (non-hydrogen) atoms. The zero-order valence-corrected chi connectivity index (χ0v) is 11.7. The third-order valence-electron chi connectivity index (χ3n) is 3.60. The van der Waals surface area contributed by atoms with Crippen molar-refractivity contribution in [3.8, 4) is 0 Å². The van der Waals surface area contributed by atoms with Crippen LogP contribution in [0.3, 0.4) is 0 Å². The van der Waals surface area contributed by atoms with Gasteiger partial charge in [0.2, 0.25) is 0 Å². The second-order valence-electron chi connectivity index (χ2n) is 6.24. The number of benzene rings is 1. The average molecular weight is 247 g/mol. The van der Waals surface area contributed by atoms with E-state index in [0.29, 0.717) is 0 Å². The van der Waals surface area contributed by atoms with E-state index < -0.39 is 11.1 Å². The van der Waals surface area contributed by atoms with Crippen LogP contribution < -0.4 is 5.32 Å². The van der Waals surface area contributed by atoms with Gasteiger partial charge in [-0.05, 0) is 40.2 Å². The number of rotatable bonds is 2. The van der Waals surface area contributed by atoms with Gasteiger partial charge in [0.15, 0.2) is 0 Å². The van der Waals surface area contributed by atoms with Crippen LogP contribution in [0.15, 0.2) is 30.3 Å². The number of esters is 1. The molecule has 0 spiro atoms. The van der Waals surface area contributed by atoms with E-state index in [-0.39, 0.29) is 11.5 Å². The summed E-state index contributed by atoms with van der Waals surface area (Å²) in [7, 11) is 0. The van der Waals surface area contributed by atoms with Gasteiger partial charge >= 0.3 is 5.97 Å². The monoisotopic (exact) mass is 247 g/mol. The Bertz CT molecular complexity index is 463. The third kappa shape index (κ3) is 2.03. The molecule has 0 aliphatic carbocycles. The Morgan fingerprint density at radius 3 is 2.22 bits per heavy atom. The van der Waals surface area contributed by atoms with Crippen LogP contribution in [0.4, 0.5) is 0 Å². The SMILES string of the molecule is CC(C)(C)OC(=O)[C@]1(C)N[C@@]1(C)c1ccccc1. The second-order valence-corrected chi connectivity index (χ2v) is 6.24. The molecule has 0 saturated carbocycles. The molecule has 1 saturated heterocycles. The maximum atomic E-state index is 12.2. The lowest BCUT2D eigenvalue weighted by atomic mass is 9.89. The Morgan fingerprint density at radius 1 is 1.17 bits per heavy atom. The first-order chi connectivity index (χ1) is 8.19. The number of carbonyl (C=O) groups excluding carboxylic acids is 1. The van der Waals surface area contributed by atoms with Gasteiger partial charge < -0.3 is 4.74 Å². The molecule has 1 aromatic rings. The molecule has 98 valence electrons. The topological polar surface area (TPSA) is 48.2 Å². The second kappa shape index (κ2) is 3.82. The minimum atomic E-state index is -0.637. The first kappa shape index (κ1) is 13.1. The van der Waals surface area contributed by atoms with Crippen molar-refractivity contribution >= 4 is 5.97 Å². The van der Waals surface area contributed by atoms with Gasteiger partial charge in [-0.25, -0.2) is 4.79 Å². The molecular weight excluding hydrogens is 226 g/mol. The Morgan fingerprint density at radius 2 is 1.72 bits per heavy atom. The van der Waals surface area contributed by atoms with Crippen molar-refractivity contribution in [2.45, 2.75) is 51.3 Å². The first-order valence-electron chi connectivity index (χ1n) is 6.27. The van der Waals surface area contributed by atoms with E-state index >= 15 is 0 Å². The molecule has 0 bridgehead atoms. The lowest BCUT2D eigenvalue weighted by molar-refractivity contribution is -0.158. The average Bonchev–Trinajstić information content (AvgIpc) is 2.84. The molecule has 3 nitrogen and oxygen atoms in total. The Labute approximate surface area is 109 Å². The molecule has 1 fully saturated rings. The van der Waals surface area contributed by atoms with E-state index in [0.717, 1.165) is 5.56 Å². The van der Waals surface area contributed by atoms with E-state index in [1.54, 1.807) is 0 Å². The molecule has 3 heteroatoms. The van der Waals surface area contributed by atoms with Gasteiger partial charge in [-0.2, -0.15) is 0 Å². The van der Waals surface area contributed by atoms with E-state index in [1.807, 2.05) is 65.0 Å². The van der Waals surface area contributed by atoms with Gasteiger partial charge in [-0.1, -0.05) is 30.3 Å². The Kier molecular flexibility index (Phi) is 2.78. The quantitative estimate of drug-likeness (QED) is 0.645. The molecule has 1 aliphatic heterocycles. The Balaban J connectivity index is 2.20. The highest BCUT2D eigenvalue weighted by molar-refractivity contribution is 5.87. The van der Waals surface area contributed by atoms with Crippen molar-refractivity contribution in [2.75, 3.05) is 0 Å². The highest BCUT2D eigenvalue weighted by atomic mass is 16.6. The highest BCUT2D eigenvalue weighted by Crippen LogP contribution is 2.48. The molecule has 0 amide bonds. The normalized spacial score (nSPS) is 30.9. The van der Waals surface area contributed by atoms with Crippen molar-refractivity contribution in [3.05, 3.63) is 35.9 Å². The van der Waals surface area contributed by atoms with Crippen molar-refractivity contribution in [1.29, 1.82) is 0 Å². The molecule has 2 atom stereocenters. The molecule has 0 radical (unpaired) electrons. The number of hydrogen-bond donors (Lipinski definition) is 1. The van der Waals surface area contributed by atoms with Crippen LogP contribution in [0.1, 0.15) is 40.2 Å². The lowest BCUT2D eigenvalue weighted by Gasteiger charge is -2.23. The minimum Gasteiger partial charge on any atom is -0.459 e. The summed E-state index contributed by atoms with van der Waals surface area (Å²) in [5.74, 6) is -0.193. The standard InChI is InChI=1S/C15H21NO2/c1-13(2,3)18-12(17)15(5)14(4,16-15)11-9-7-6-8-10-11/h6-10,16H,1-5H3/t14-,15-/m0/s1. The van der Waals surface area contributed by atoms with Gasteiger partial charge in [0.1, 0.15) is 11.1 Å². The molecule has 1 aliphatic rings. The summed E-state index contributed by atoms with van der Waals surface area (Å²) in [4.78, 5) is 12.2.